The second kappa shape index (κ2) is 4.65. The fraction of sp³-hybridized carbons (Fsp3) is 0.364. The summed E-state index contributed by atoms with van der Waals surface area (Å²) in [7, 11) is 0. The minimum Gasteiger partial charge on any atom is -0.506 e. The number of carbonyl (C=O) groups is 1. The van der Waals surface area contributed by atoms with Gasteiger partial charge in [0.25, 0.3) is 0 Å². The number of carbonyl (C=O) groups excluding carboxylic acids is 1. The summed E-state index contributed by atoms with van der Waals surface area (Å²) in [6.45, 7) is 4.25. The Morgan fingerprint density at radius 1 is 1.50 bits per heavy atom. The third-order valence-corrected chi connectivity index (χ3v) is 1.92. The van der Waals surface area contributed by atoms with Crippen molar-refractivity contribution in [1.29, 1.82) is 0 Å². The molecule has 0 unspecified atom stereocenters. The maximum atomic E-state index is 10.2. The Balaban J connectivity index is 2.88. The highest BCUT2D eigenvalue weighted by atomic mass is 16.3. The molecule has 0 saturated heterocycles. The number of hydrogen-bond acceptors (Lipinski definition) is 2. The fourth-order valence-corrected chi connectivity index (χ4v) is 1.36. The number of rotatable bonds is 4. The van der Waals surface area contributed by atoms with Crippen LogP contribution in [-0.2, 0) is 11.2 Å². The first-order valence-electron chi connectivity index (χ1n) is 4.65. The quantitative estimate of drug-likeness (QED) is 0.568. The standard InChI is InChI=1S/C11H15NO2/c1-8(2)5-9-3-4-11(14)10(6-9)12-7-13/h3-4,6-8,14H,5H2,1-2H3,(H,12,13). The average molecular weight is 193 g/mol. The van der Waals surface area contributed by atoms with E-state index in [-0.39, 0.29) is 5.75 Å². The summed E-state index contributed by atoms with van der Waals surface area (Å²) in [5.74, 6) is 0.660. The van der Waals surface area contributed by atoms with Gasteiger partial charge in [0, 0.05) is 0 Å². The number of nitrogens with one attached hydrogen (secondary N) is 1. The molecule has 1 aromatic carbocycles. The predicted octanol–water partition coefficient (Wildman–Crippen LogP) is 2.16. The highest BCUT2D eigenvalue weighted by molar-refractivity contribution is 5.75. The number of hydrogen-bond donors (Lipinski definition) is 2. The lowest BCUT2D eigenvalue weighted by molar-refractivity contribution is -0.105. The fourth-order valence-electron chi connectivity index (χ4n) is 1.36. The Bertz CT molecular complexity index is 321. The average Bonchev–Trinajstić information content (AvgIpc) is 2.10. The number of amides is 1. The summed E-state index contributed by atoms with van der Waals surface area (Å²) in [5.41, 5.74) is 1.58. The summed E-state index contributed by atoms with van der Waals surface area (Å²) in [6.07, 6.45) is 1.50. The molecule has 0 aromatic heterocycles. The second-order valence-electron chi connectivity index (χ2n) is 3.71. The zero-order chi connectivity index (χ0) is 10.6. The molecule has 0 heterocycles. The van der Waals surface area contributed by atoms with Crippen molar-refractivity contribution in [3.8, 4) is 5.75 Å². The Labute approximate surface area is 83.8 Å². The van der Waals surface area contributed by atoms with Crippen molar-refractivity contribution in [3.63, 3.8) is 0 Å². The number of anilines is 1. The van der Waals surface area contributed by atoms with Gasteiger partial charge >= 0.3 is 0 Å². The third-order valence-electron chi connectivity index (χ3n) is 1.92. The Kier molecular flexibility index (Phi) is 3.51. The van der Waals surface area contributed by atoms with Crippen LogP contribution in [0.3, 0.4) is 0 Å². The lowest BCUT2D eigenvalue weighted by Gasteiger charge is -2.08. The van der Waals surface area contributed by atoms with E-state index in [1.165, 1.54) is 0 Å². The molecule has 0 aliphatic heterocycles. The highest BCUT2D eigenvalue weighted by Crippen LogP contribution is 2.24. The van der Waals surface area contributed by atoms with Crippen LogP contribution in [-0.4, -0.2) is 11.5 Å². The summed E-state index contributed by atoms with van der Waals surface area (Å²) in [4.78, 5) is 10.2. The summed E-state index contributed by atoms with van der Waals surface area (Å²) < 4.78 is 0. The molecule has 3 nitrogen and oxygen atoms in total. The molecule has 0 atom stereocenters. The van der Waals surface area contributed by atoms with Crippen molar-refractivity contribution in [2.24, 2.45) is 5.92 Å². The van der Waals surface area contributed by atoms with Gasteiger partial charge in [-0.3, -0.25) is 4.79 Å². The van der Waals surface area contributed by atoms with Gasteiger partial charge in [0.1, 0.15) is 5.75 Å². The second-order valence-corrected chi connectivity index (χ2v) is 3.71. The molecule has 3 heteroatoms. The van der Waals surface area contributed by atoms with Gasteiger partial charge in [-0.25, -0.2) is 0 Å². The molecule has 0 spiro atoms. The van der Waals surface area contributed by atoms with E-state index < -0.39 is 0 Å². The van der Waals surface area contributed by atoms with Gasteiger partial charge in [0.05, 0.1) is 5.69 Å². The van der Waals surface area contributed by atoms with E-state index in [4.69, 9.17) is 0 Å². The van der Waals surface area contributed by atoms with Gasteiger partial charge in [-0.15, -0.1) is 0 Å². The van der Waals surface area contributed by atoms with Crippen LogP contribution in [0, 0.1) is 5.92 Å². The molecule has 0 aliphatic rings. The van der Waals surface area contributed by atoms with Crippen LogP contribution < -0.4 is 5.32 Å². The summed E-state index contributed by atoms with van der Waals surface area (Å²) >= 11 is 0. The Morgan fingerprint density at radius 3 is 2.79 bits per heavy atom. The van der Waals surface area contributed by atoms with E-state index in [1.807, 2.05) is 6.07 Å². The minimum absolute atomic E-state index is 0.101. The van der Waals surface area contributed by atoms with E-state index in [2.05, 4.69) is 19.2 Å². The molecule has 0 aliphatic carbocycles. The lowest BCUT2D eigenvalue weighted by atomic mass is 10.0. The number of aromatic hydroxyl groups is 1. The van der Waals surface area contributed by atoms with Crippen LogP contribution in [0.2, 0.25) is 0 Å². The van der Waals surface area contributed by atoms with Crippen molar-refractivity contribution in [2.45, 2.75) is 20.3 Å². The Morgan fingerprint density at radius 2 is 2.21 bits per heavy atom. The Hall–Kier alpha value is -1.51. The highest BCUT2D eigenvalue weighted by Gasteiger charge is 2.03. The van der Waals surface area contributed by atoms with Crippen LogP contribution in [0.5, 0.6) is 5.75 Å². The molecule has 2 N–H and O–H groups in total. The topological polar surface area (TPSA) is 49.3 Å². The van der Waals surface area contributed by atoms with Crippen molar-refractivity contribution in [1.82, 2.24) is 0 Å². The molecule has 1 amide bonds. The maximum Gasteiger partial charge on any atom is 0.211 e. The van der Waals surface area contributed by atoms with Gasteiger partial charge in [0.15, 0.2) is 0 Å². The largest absolute Gasteiger partial charge is 0.506 e. The molecule has 0 saturated carbocycles. The van der Waals surface area contributed by atoms with Crippen molar-refractivity contribution >= 4 is 12.1 Å². The molecule has 14 heavy (non-hydrogen) atoms. The number of phenols is 1. The molecule has 0 fully saturated rings. The van der Waals surface area contributed by atoms with E-state index in [9.17, 15) is 9.90 Å². The van der Waals surface area contributed by atoms with Gasteiger partial charge in [-0.05, 0) is 30.0 Å². The molecule has 1 aromatic rings. The maximum absolute atomic E-state index is 10.2. The monoisotopic (exact) mass is 193 g/mol. The van der Waals surface area contributed by atoms with E-state index in [0.717, 1.165) is 12.0 Å². The first-order valence-corrected chi connectivity index (χ1v) is 4.65. The molecule has 76 valence electrons. The minimum atomic E-state index is 0.101. The summed E-state index contributed by atoms with van der Waals surface area (Å²) in [6, 6.07) is 5.26. The molecule has 0 bridgehead atoms. The van der Waals surface area contributed by atoms with Crippen molar-refractivity contribution in [2.75, 3.05) is 5.32 Å². The number of benzene rings is 1. The van der Waals surface area contributed by atoms with Crippen LogP contribution >= 0.6 is 0 Å². The van der Waals surface area contributed by atoms with Gasteiger partial charge in [0.2, 0.25) is 6.41 Å². The van der Waals surface area contributed by atoms with Crippen LogP contribution in [0.4, 0.5) is 5.69 Å². The molecule has 1 rings (SSSR count). The van der Waals surface area contributed by atoms with Crippen LogP contribution in [0.25, 0.3) is 0 Å². The summed E-state index contributed by atoms with van der Waals surface area (Å²) in [5, 5.41) is 11.8. The van der Waals surface area contributed by atoms with Gasteiger partial charge in [-0.2, -0.15) is 0 Å². The zero-order valence-corrected chi connectivity index (χ0v) is 8.45. The smallest absolute Gasteiger partial charge is 0.211 e. The van der Waals surface area contributed by atoms with Crippen LogP contribution in [0.1, 0.15) is 19.4 Å². The third kappa shape index (κ3) is 2.76. The lowest BCUT2D eigenvalue weighted by Crippen LogP contribution is -1.98. The van der Waals surface area contributed by atoms with E-state index >= 15 is 0 Å². The molecular weight excluding hydrogens is 178 g/mol. The first kappa shape index (κ1) is 10.6. The van der Waals surface area contributed by atoms with Gasteiger partial charge in [-0.1, -0.05) is 19.9 Å². The first-order chi connectivity index (χ1) is 6.63. The predicted molar refractivity (Wildman–Crippen MR) is 56.3 cm³/mol. The normalized spacial score (nSPS) is 10.2. The van der Waals surface area contributed by atoms with Gasteiger partial charge < -0.3 is 10.4 Å². The SMILES string of the molecule is CC(C)Cc1ccc(O)c(NC=O)c1. The van der Waals surface area contributed by atoms with E-state index in [1.54, 1.807) is 12.1 Å². The zero-order valence-electron chi connectivity index (χ0n) is 8.45. The van der Waals surface area contributed by atoms with Crippen molar-refractivity contribution < 1.29 is 9.90 Å². The van der Waals surface area contributed by atoms with Crippen LogP contribution in [0.15, 0.2) is 18.2 Å². The van der Waals surface area contributed by atoms with E-state index in [0.29, 0.717) is 18.0 Å². The van der Waals surface area contributed by atoms with Crippen molar-refractivity contribution in [3.05, 3.63) is 23.8 Å². The number of phenolic OH excluding ortho intramolecular Hbond substituents is 1. The molecular formula is C11H15NO2. The molecule has 0 radical (unpaired) electrons.